The highest BCUT2D eigenvalue weighted by Crippen LogP contribution is 2.38. The van der Waals surface area contributed by atoms with E-state index in [1.54, 1.807) is 18.7 Å². The SMILES string of the molecule is COc1cc2c(N3CCC(n4c(=O)c5cc(C)ccc5n(C)c4=O)CC3)nc(N3CCOCC3)nc2cc1OCc1ccccc1. The number of piperidine rings is 1. The van der Waals surface area contributed by atoms with Crippen LogP contribution < -0.4 is 30.5 Å². The molecule has 11 nitrogen and oxygen atoms in total. The minimum Gasteiger partial charge on any atom is -0.493 e. The Balaban J connectivity index is 1.23. The van der Waals surface area contributed by atoms with Gasteiger partial charge in [-0.2, -0.15) is 4.98 Å². The van der Waals surface area contributed by atoms with Crippen LogP contribution in [0.25, 0.3) is 21.8 Å². The molecule has 2 aliphatic heterocycles. The van der Waals surface area contributed by atoms with Crippen LogP contribution >= 0.6 is 0 Å². The summed E-state index contributed by atoms with van der Waals surface area (Å²) in [5.41, 5.74) is 2.94. The fourth-order valence-corrected chi connectivity index (χ4v) is 6.51. The molecule has 0 radical (unpaired) electrons. The number of ether oxygens (including phenoxy) is 3. The molecule has 2 aromatic heterocycles. The monoisotopic (exact) mass is 622 g/mol. The van der Waals surface area contributed by atoms with Gasteiger partial charge in [0.1, 0.15) is 12.4 Å². The van der Waals surface area contributed by atoms with Gasteiger partial charge in [-0.25, -0.2) is 9.78 Å². The van der Waals surface area contributed by atoms with E-state index in [2.05, 4.69) is 9.80 Å². The van der Waals surface area contributed by atoms with E-state index in [9.17, 15) is 9.59 Å². The lowest BCUT2D eigenvalue weighted by Crippen LogP contribution is -2.45. The molecule has 0 spiro atoms. The third-order valence-electron chi connectivity index (χ3n) is 9.07. The van der Waals surface area contributed by atoms with Crippen molar-refractivity contribution in [2.24, 2.45) is 7.05 Å². The lowest BCUT2D eigenvalue weighted by Gasteiger charge is -2.35. The van der Waals surface area contributed by atoms with Crippen molar-refractivity contribution >= 4 is 33.6 Å². The number of benzene rings is 3. The van der Waals surface area contributed by atoms with Gasteiger partial charge >= 0.3 is 5.69 Å². The number of hydrogen-bond donors (Lipinski definition) is 0. The van der Waals surface area contributed by atoms with Gasteiger partial charge in [0.2, 0.25) is 5.95 Å². The van der Waals surface area contributed by atoms with Crippen LogP contribution in [0.3, 0.4) is 0 Å². The summed E-state index contributed by atoms with van der Waals surface area (Å²) in [7, 11) is 3.37. The van der Waals surface area contributed by atoms with Crippen LogP contribution in [0.1, 0.15) is 30.0 Å². The molecular weight excluding hydrogens is 584 g/mol. The van der Waals surface area contributed by atoms with Crippen molar-refractivity contribution in [3.63, 3.8) is 0 Å². The zero-order valence-electron chi connectivity index (χ0n) is 26.4. The summed E-state index contributed by atoms with van der Waals surface area (Å²) in [6.45, 7) is 6.23. The van der Waals surface area contributed by atoms with Gasteiger partial charge in [-0.05, 0) is 43.5 Å². The normalized spacial score (nSPS) is 15.9. The van der Waals surface area contributed by atoms with E-state index in [1.165, 1.54) is 4.57 Å². The topological polar surface area (TPSA) is 104 Å². The second-order valence-corrected chi connectivity index (χ2v) is 12.0. The number of rotatable bonds is 7. The summed E-state index contributed by atoms with van der Waals surface area (Å²) in [5, 5.41) is 1.42. The third-order valence-corrected chi connectivity index (χ3v) is 9.07. The summed E-state index contributed by atoms with van der Waals surface area (Å²) in [4.78, 5) is 41.5. The fourth-order valence-electron chi connectivity index (χ4n) is 6.51. The Morgan fingerprint density at radius 3 is 2.37 bits per heavy atom. The number of morpholine rings is 1. The maximum Gasteiger partial charge on any atom is 0.331 e. The zero-order chi connectivity index (χ0) is 31.8. The van der Waals surface area contributed by atoms with Crippen molar-refractivity contribution in [1.82, 2.24) is 19.1 Å². The van der Waals surface area contributed by atoms with Crippen molar-refractivity contribution in [2.75, 3.05) is 56.3 Å². The summed E-state index contributed by atoms with van der Waals surface area (Å²) >= 11 is 0. The van der Waals surface area contributed by atoms with E-state index >= 15 is 0 Å². The molecule has 0 saturated carbocycles. The van der Waals surface area contributed by atoms with E-state index < -0.39 is 0 Å². The highest BCUT2D eigenvalue weighted by atomic mass is 16.5. The van der Waals surface area contributed by atoms with Crippen molar-refractivity contribution in [3.05, 3.63) is 92.6 Å². The predicted octanol–water partition coefficient (Wildman–Crippen LogP) is 4.22. The molecular formula is C35H38N6O5. The minimum atomic E-state index is -0.283. The quantitative estimate of drug-likeness (QED) is 0.264. The maximum absolute atomic E-state index is 13.6. The first-order valence-electron chi connectivity index (χ1n) is 15.8. The first-order valence-corrected chi connectivity index (χ1v) is 15.8. The van der Waals surface area contributed by atoms with Crippen LogP contribution in [0.15, 0.2) is 70.3 Å². The first kappa shape index (κ1) is 29.8. The summed E-state index contributed by atoms with van der Waals surface area (Å²) in [5.74, 6) is 2.65. The van der Waals surface area contributed by atoms with Crippen LogP contribution in [0.4, 0.5) is 11.8 Å². The van der Waals surface area contributed by atoms with Gasteiger partial charge in [-0.15, -0.1) is 0 Å². The van der Waals surface area contributed by atoms with Gasteiger partial charge in [0.05, 0.1) is 36.7 Å². The molecule has 238 valence electrons. The molecule has 0 bridgehead atoms. The van der Waals surface area contributed by atoms with E-state index in [4.69, 9.17) is 24.2 Å². The Kier molecular flexibility index (Phi) is 8.08. The van der Waals surface area contributed by atoms with E-state index in [-0.39, 0.29) is 17.3 Å². The van der Waals surface area contributed by atoms with Crippen molar-refractivity contribution in [1.29, 1.82) is 0 Å². The number of aromatic nitrogens is 4. The smallest absolute Gasteiger partial charge is 0.331 e. The van der Waals surface area contributed by atoms with Gasteiger partial charge < -0.3 is 24.0 Å². The van der Waals surface area contributed by atoms with E-state index in [0.717, 1.165) is 27.8 Å². The number of methoxy groups -OCH3 is 1. The molecule has 3 aromatic carbocycles. The minimum absolute atomic E-state index is 0.216. The number of hydrogen-bond acceptors (Lipinski definition) is 9. The second-order valence-electron chi connectivity index (χ2n) is 12.0. The molecule has 4 heterocycles. The lowest BCUT2D eigenvalue weighted by molar-refractivity contribution is 0.122. The van der Waals surface area contributed by atoms with E-state index in [1.807, 2.05) is 67.6 Å². The average Bonchev–Trinajstić information content (AvgIpc) is 3.10. The summed E-state index contributed by atoms with van der Waals surface area (Å²) in [6.07, 6.45) is 1.25. The number of fused-ring (bicyclic) bond motifs is 2. The van der Waals surface area contributed by atoms with Crippen molar-refractivity contribution in [3.8, 4) is 11.5 Å². The molecule has 2 saturated heterocycles. The van der Waals surface area contributed by atoms with Gasteiger partial charge in [0.15, 0.2) is 11.5 Å². The van der Waals surface area contributed by atoms with E-state index in [0.29, 0.717) is 87.2 Å². The van der Waals surface area contributed by atoms with Crippen LogP contribution in [-0.2, 0) is 18.4 Å². The molecule has 0 amide bonds. The largest absolute Gasteiger partial charge is 0.493 e. The Morgan fingerprint density at radius 2 is 1.63 bits per heavy atom. The zero-order valence-corrected chi connectivity index (χ0v) is 26.4. The van der Waals surface area contributed by atoms with Crippen LogP contribution in [0.5, 0.6) is 11.5 Å². The first-order chi connectivity index (χ1) is 22.4. The fraction of sp³-hybridized carbons (Fsp3) is 0.371. The average molecular weight is 623 g/mol. The molecule has 7 rings (SSSR count). The third kappa shape index (κ3) is 5.55. The molecule has 0 N–H and O–H groups in total. The molecule has 0 unspecified atom stereocenters. The molecule has 5 aromatic rings. The summed E-state index contributed by atoms with van der Waals surface area (Å²) in [6, 6.07) is 19.3. The lowest BCUT2D eigenvalue weighted by atomic mass is 10.0. The molecule has 0 aliphatic carbocycles. The van der Waals surface area contributed by atoms with Gasteiger partial charge in [-0.1, -0.05) is 42.0 Å². The van der Waals surface area contributed by atoms with Crippen LogP contribution in [0.2, 0.25) is 0 Å². The highest BCUT2D eigenvalue weighted by Gasteiger charge is 2.28. The van der Waals surface area contributed by atoms with Crippen molar-refractivity contribution < 1.29 is 14.2 Å². The Labute approximate surface area is 266 Å². The summed E-state index contributed by atoms with van der Waals surface area (Å²) < 4.78 is 20.6. The highest BCUT2D eigenvalue weighted by molar-refractivity contribution is 5.93. The molecule has 46 heavy (non-hydrogen) atoms. The van der Waals surface area contributed by atoms with Gasteiger partial charge in [-0.3, -0.25) is 13.9 Å². The predicted molar refractivity (Wildman–Crippen MR) is 179 cm³/mol. The number of aryl methyl sites for hydroxylation is 2. The molecule has 2 fully saturated rings. The second kappa shape index (κ2) is 12.5. The Morgan fingerprint density at radius 1 is 0.870 bits per heavy atom. The maximum atomic E-state index is 13.6. The Hall–Kier alpha value is -4.90. The van der Waals surface area contributed by atoms with Crippen molar-refractivity contribution in [2.45, 2.75) is 32.4 Å². The number of anilines is 2. The standard InChI is InChI=1S/C35H38N6O5/c1-23-9-10-29-27(19-23)33(42)41(35(43)38(29)2)25-11-13-39(14-12-25)32-26-20-30(44-3)31(46-22-24-7-5-4-6-8-24)21-28(26)36-34(37-32)40-15-17-45-18-16-40/h4-10,19-21,25H,11-18,22H2,1-3H3. The van der Waals surface area contributed by atoms with Crippen LogP contribution in [-0.4, -0.2) is 65.6 Å². The van der Waals surface area contributed by atoms with Gasteiger partial charge in [0, 0.05) is 50.7 Å². The number of nitrogens with zero attached hydrogens (tertiary/aromatic N) is 6. The molecule has 11 heteroatoms. The van der Waals surface area contributed by atoms with Gasteiger partial charge in [0.25, 0.3) is 5.56 Å². The van der Waals surface area contributed by atoms with Crippen LogP contribution in [0, 0.1) is 6.92 Å². The molecule has 2 aliphatic rings. The Bertz CT molecular complexity index is 2010. The molecule has 0 atom stereocenters.